The van der Waals surface area contributed by atoms with Crippen molar-refractivity contribution < 1.29 is 9.53 Å². The molecule has 28 heavy (non-hydrogen) atoms. The maximum Gasteiger partial charge on any atom is 0.235 e. The number of aromatic nitrogens is 5. The molecule has 0 radical (unpaired) electrons. The Morgan fingerprint density at radius 1 is 1.32 bits per heavy atom. The Morgan fingerprint density at radius 2 is 2.21 bits per heavy atom. The number of carbonyl (C=O) groups excluding carboxylic acids is 1. The molecule has 0 spiro atoms. The van der Waals surface area contributed by atoms with Crippen LogP contribution < -0.4 is 5.32 Å². The number of hydrogen-bond acceptors (Lipinski definition) is 6. The number of anilines is 1. The van der Waals surface area contributed by atoms with Gasteiger partial charge in [-0.1, -0.05) is 41.6 Å². The normalized spacial score (nSPS) is 10.9. The number of rotatable bonds is 10. The van der Waals surface area contributed by atoms with E-state index in [1.807, 2.05) is 16.7 Å². The molecule has 0 saturated heterocycles. The minimum absolute atomic E-state index is 0.109. The van der Waals surface area contributed by atoms with E-state index < -0.39 is 0 Å². The molecule has 148 valence electrons. The van der Waals surface area contributed by atoms with Crippen molar-refractivity contribution in [2.24, 2.45) is 0 Å². The summed E-state index contributed by atoms with van der Waals surface area (Å²) in [7, 11) is 1.68. The molecule has 0 aliphatic heterocycles. The van der Waals surface area contributed by atoms with Gasteiger partial charge in [0.25, 0.3) is 0 Å². The van der Waals surface area contributed by atoms with Crippen molar-refractivity contribution in [3.63, 3.8) is 0 Å². The summed E-state index contributed by atoms with van der Waals surface area (Å²) in [5, 5.41) is 16.0. The van der Waals surface area contributed by atoms with E-state index in [-0.39, 0.29) is 11.7 Å². The number of nitrogens with zero attached hydrogens (tertiary/aromatic N) is 5. The van der Waals surface area contributed by atoms with Gasteiger partial charge >= 0.3 is 0 Å². The number of nitrogens with one attached hydrogen (secondary N) is 1. The topological polar surface area (TPSA) is 86.9 Å². The fourth-order valence-corrected chi connectivity index (χ4v) is 3.49. The lowest BCUT2D eigenvalue weighted by atomic mass is 10.1. The summed E-state index contributed by atoms with van der Waals surface area (Å²) in [6.07, 6.45) is 4.23. The van der Waals surface area contributed by atoms with E-state index in [9.17, 15) is 4.79 Å². The second-order valence-corrected chi connectivity index (χ2v) is 7.30. The van der Waals surface area contributed by atoms with Gasteiger partial charge in [-0.3, -0.25) is 4.79 Å². The van der Waals surface area contributed by atoms with Gasteiger partial charge in [0, 0.05) is 26.3 Å². The van der Waals surface area contributed by atoms with E-state index >= 15 is 0 Å². The molecule has 1 aromatic carbocycles. The summed E-state index contributed by atoms with van der Waals surface area (Å²) >= 11 is 1.36. The maximum atomic E-state index is 12.4. The average Bonchev–Trinajstić information content (AvgIpc) is 3.30. The van der Waals surface area contributed by atoms with Crippen LogP contribution in [0.4, 0.5) is 5.82 Å². The van der Waals surface area contributed by atoms with Gasteiger partial charge in [-0.15, -0.1) is 10.2 Å². The van der Waals surface area contributed by atoms with Crippen LogP contribution in [0, 0.1) is 6.92 Å². The molecular formula is C19H24N6O2S. The number of thioether (sulfide) groups is 1. The zero-order valence-corrected chi connectivity index (χ0v) is 16.9. The van der Waals surface area contributed by atoms with Gasteiger partial charge in [-0.2, -0.15) is 5.10 Å². The van der Waals surface area contributed by atoms with Crippen LogP contribution in [-0.4, -0.2) is 49.9 Å². The number of ether oxygens (including phenoxy) is 1. The van der Waals surface area contributed by atoms with Gasteiger partial charge in [-0.05, 0) is 18.9 Å². The van der Waals surface area contributed by atoms with E-state index in [2.05, 4.69) is 39.7 Å². The fourth-order valence-electron chi connectivity index (χ4n) is 2.75. The molecule has 3 aromatic rings. The Labute approximate surface area is 168 Å². The van der Waals surface area contributed by atoms with Gasteiger partial charge in [0.2, 0.25) is 5.91 Å². The molecule has 3 rings (SSSR count). The van der Waals surface area contributed by atoms with Gasteiger partial charge in [-0.25, -0.2) is 4.68 Å². The highest BCUT2D eigenvalue weighted by atomic mass is 32.2. The molecule has 1 amide bonds. The summed E-state index contributed by atoms with van der Waals surface area (Å²) in [5.41, 5.74) is 2.33. The Bertz CT molecular complexity index is 907. The molecular weight excluding hydrogens is 376 g/mol. The zero-order valence-electron chi connectivity index (χ0n) is 16.0. The number of aryl methyl sites for hydroxylation is 2. The van der Waals surface area contributed by atoms with E-state index in [1.54, 1.807) is 30.4 Å². The van der Waals surface area contributed by atoms with Crippen LogP contribution in [0.1, 0.15) is 17.5 Å². The van der Waals surface area contributed by atoms with E-state index in [4.69, 9.17) is 4.74 Å². The minimum atomic E-state index is -0.109. The SMILES string of the molecule is COCCCn1cnnc1SCC(=O)Nc1ccnn1Cc1cccc(C)c1. The molecule has 0 fully saturated rings. The number of methoxy groups -OCH3 is 1. The molecule has 0 saturated carbocycles. The predicted molar refractivity (Wildman–Crippen MR) is 108 cm³/mol. The number of hydrogen-bond donors (Lipinski definition) is 1. The van der Waals surface area contributed by atoms with Crippen LogP contribution in [0.2, 0.25) is 0 Å². The molecule has 0 atom stereocenters. The molecule has 0 aliphatic rings. The molecule has 0 bridgehead atoms. The monoisotopic (exact) mass is 400 g/mol. The number of amides is 1. The van der Waals surface area contributed by atoms with Crippen molar-refractivity contribution in [2.75, 3.05) is 24.8 Å². The molecule has 8 nitrogen and oxygen atoms in total. The molecule has 2 aromatic heterocycles. The molecule has 1 N–H and O–H groups in total. The fraction of sp³-hybridized carbons (Fsp3) is 0.368. The van der Waals surface area contributed by atoms with Crippen molar-refractivity contribution in [3.8, 4) is 0 Å². The molecule has 2 heterocycles. The largest absolute Gasteiger partial charge is 0.385 e. The van der Waals surface area contributed by atoms with Gasteiger partial charge in [0.1, 0.15) is 12.1 Å². The first-order valence-electron chi connectivity index (χ1n) is 9.02. The van der Waals surface area contributed by atoms with Crippen molar-refractivity contribution >= 4 is 23.5 Å². The quantitative estimate of drug-likeness (QED) is 0.416. The van der Waals surface area contributed by atoms with Crippen LogP contribution in [0.3, 0.4) is 0 Å². The second-order valence-electron chi connectivity index (χ2n) is 6.35. The summed E-state index contributed by atoms with van der Waals surface area (Å²) in [5.74, 6) is 0.814. The average molecular weight is 401 g/mol. The van der Waals surface area contributed by atoms with Crippen LogP contribution >= 0.6 is 11.8 Å². The Morgan fingerprint density at radius 3 is 3.04 bits per heavy atom. The first-order valence-corrected chi connectivity index (χ1v) is 10.0. The summed E-state index contributed by atoms with van der Waals surface area (Å²) in [4.78, 5) is 12.4. The van der Waals surface area contributed by atoms with Crippen molar-refractivity contribution in [2.45, 2.75) is 31.6 Å². The predicted octanol–water partition coefficient (Wildman–Crippen LogP) is 2.60. The Balaban J connectivity index is 1.54. The number of carbonyl (C=O) groups is 1. The van der Waals surface area contributed by atoms with Crippen LogP contribution in [-0.2, 0) is 22.6 Å². The molecule has 0 aliphatic carbocycles. The molecule has 9 heteroatoms. The second kappa shape index (κ2) is 10.0. The van der Waals surface area contributed by atoms with Crippen molar-refractivity contribution in [3.05, 3.63) is 54.0 Å². The number of benzene rings is 1. The standard InChI is InChI=1S/C19H24N6O2S/c1-15-5-3-6-16(11-15)12-25-17(7-8-21-25)22-18(26)13-28-19-23-20-14-24(19)9-4-10-27-2/h3,5-8,11,14H,4,9-10,12-13H2,1-2H3,(H,22,26). The summed E-state index contributed by atoms with van der Waals surface area (Å²) in [6.45, 7) is 4.09. The summed E-state index contributed by atoms with van der Waals surface area (Å²) in [6, 6.07) is 10.0. The smallest absolute Gasteiger partial charge is 0.235 e. The molecule has 0 unspecified atom stereocenters. The highest BCUT2D eigenvalue weighted by Crippen LogP contribution is 2.17. The highest BCUT2D eigenvalue weighted by molar-refractivity contribution is 7.99. The lowest BCUT2D eigenvalue weighted by molar-refractivity contribution is -0.113. The first kappa shape index (κ1) is 20.1. The third kappa shape index (κ3) is 5.67. The van der Waals surface area contributed by atoms with Crippen molar-refractivity contribution in [1.29, 1.82) is 0 Å². The van der Waals surface area contributed by atoms with Crippen LogP contribution in [0.25, 0.3) is 0 Å². The van der Waals surface area contributed by atoms with Crippen LogP contribution in [0.15, 0.2) is 48.0 Å². The third-order valence-electron chi connectivity index (χ3n) is 4.06. The Hall–Kier alpha value is -2.65. The zero-order chi connectivity index (χ0) is 19.8. The van der Waals surface area contributed by atoms with Crippen molar-refractivity contribution in [1.82, 2.24) is 24.5 Å². The third-order valence-corrected chi connectivity index (χ3v) is 5.04. The summed E-state index contributed by atoms with van der Waals surface area (Å²) < 4.78 is 8.78. The van der Waals surface area contributed by atoms with Gasteiger partial charge in [0.15, 0.2) is 5.16 Å². The van der Waals surface area contributed by atoms with E-state index in [1.165, 1.54) is 17.3 Å². The van der Waals surface area contributed by atoms with E-state index in [0.717, 1.165) is 23.7 Å². The van der Waals surface area contributed by atoms with E-state index in [0.29, 0.717) is 19.0 Å². The first-order chi connectivity index (χ1) is 13.7. The maximum absolute atomic E-state index is 12.4. The minimum Gasteiger partial charge on any atom is -0.385 e. The lowest BCUT2D eigenvalue weighted by Crippen LogP contribution is -2.18. The lowest BCUT2D eigenvalue weighted by Gasteiger charge is -2.10. The Kier molecular flexibility index (Phi) is 7.21. The van der Waals surface area contributed by atoms with Gasteiger partial charge < -0.3 is 14.6 Å². The van der Waals surface area contributed by atoms with Crippen LogP contribution in [0.5, 0.6) is 0 Å². The highest BCUT2D eigenvalue weighted by Gasteiger charge is 2.11. The van der Waals surface area contributed by atoms with Gasteiger partial charge in [0.05, 0.1) is 18.5 Å².